The van der Waals surface area contributed by atoms with Crippen LogP contribution in [-0.4, -0.2) is 49.7 Å². The van der Waals surface area contributed by atoms with Crippen molar-refractivity contribution >= 4 is 17.3 Å². The number of rotatable bonds is 6. The van der Waals surface area contributed by atoms with Crippen molar-refractivity contribution in [2.24, 2.45) is 0 Å². The normalized spacial score (nSPS) is 14.6. The van der Waals surface area contributed by atoms with Gasteiger partial charge in [0.25, 0.3) is 0 Å². The maximum absolute atomic E-state index is 4.70. The Bertz CT molecular complexity index is 722. The van der Waals surface area contributed by atoms with Gasteiger partial charge in [-0.05, 0) is 38.0 Å². The minimum absolute atomic E-state index is 0.849. The first-order chi connectivity index (χ1) is 12.6. The number of hydrogen-bond acceptors (Lipinski definition) is 5. The molecule has 5 nitrogen and oxygen atoms in total. The average Bonchev–Trinajstić information content (AvgIpc) is 2.65. The minimum Gasteiger partial charge on any atom is -0.368 e. The predicted octanol–water partition coefficient (Wildman–Crippen LogP) is 3.66. The number of benzene rings is 1. The van der Waals surface area contributed by atoms with Gasteiger partial charge in [-0.3, -0.25) is 0 Å². The number of aryl methyl sites for hydroxylation is 2. The molecule has 0 amide bonds. The molecule has 2 aromatic rings. The summed E-state index contributed by atoms with van der Waals surface area (Å²) < 4.78 is 0. The maximum atomic E-state index is 4.70. The Morgan fingerprint density at radius 1 is 1.00 bits per heavy atom. The van der Waals surface area contributed by atoms with Gasteiger partial charge in [0, 0.05) is 51.5 Å². The lowest BCUT2D eigenvalue weighted by Gasteiger charge is -2.37. The Morgan fingerprint density at radius 3 is 2.42 bits per heavy atom. The lowest BCUT2D eigenvalue weighted by atomic mass is 10.2. The van der Waals surface area contributed by atoms with E-state index >= 15 is 0 Å². The van der Waals surface area contributed by atoms with Crippen LogP contribution in [0.1, 0.15) is 31.2 Å². The SMILES string of the molecule is CCCCN(C)c1cc(N2CCN(c3cccc(C)c3)CC2)nc(C)n1. The molecule has 0 spiro atoms. The molecule has 1 fully saturated rings. The number of unbranched alkanes of at least 4 members (excludes halogenated alkanes) is 1. The van der Waals surface area contributed by atoms with Gasteiger partial charge in [0.1, 0.15) is 17.5 Å². The first-order valence-electron chi connectivity index (χ1n) is 9.70. The van der Waals surface area contributed by atoms with E-state index in [9.17, 15) is 0 Å². The molecular formula is C21H31N5. The quantitative estimate of drug-likeness (QED) is 0.792. The summed E-state index contributed by atoms with van der Waals surface area (Å²) in [6.07, 6.45) is 2.38. The highest BCUT2D eigenvalue weighted by atomic mass is 15.3. The zero-order valence-electron chi connectivity index (χ0n) is 16.6. The van der Waals surface area contributed by atoms with Gasteiger partial charge in [-0.15, -0.1) is 0 Å². The highest BCUT2D eigenvalue weighted by molar-refractivity contribution is 5.54. The van der Waals surface area contributed by atoms with Gasteiger partial charge in [0.05, 0.1) is 0 Å². The summed E-state index contributed by atoms with van der Waals surface area (Å²) in [6.45, 7) is 11.4. The second-order valence-corrected chi connectivity index (χ2v) is 7.22. The van der Waals surface area contributed by atoms with E-state index in [1.807, 2.05) is 6.92 Å². The second-order valence-electron chi connectivity index (χ2n) is 7.22. The van der Waals surface area contributed by atoms with Crippen LogP contribution in [0.3, 0.4) is 0 Å². The number of anilines is 3. The van der Waals surface area contributed by atoms with Crippen LogP contribution in [0.25, 0.3) is 0 Å². The van der Waals surface area contributed by atoms with Crippen molar-refractivity contribution in [3.8, 4) is 0 Å². The molecule has 1 aliphatic rings. The van der Waals surface area contributed by atoms with Crippen molar-refractivity contribution in [2.45, 2.75) is 33.6 Å². The van der Waals surface area contributed by atoms with Crippen LogP contribution in [0, 0.1) is 13.8 Å². The van der Waals surface area contributed by atoms with Crippen molar-refractivity contribution in [1.82, 2.24) is 9.97 Å². The molecular weight excluding hydrogens is 322 g/mol. The Balaban J connectivity index is 1.68. The zero-order valence-corrected chi connectivity index (χ0v) is 16.6. The largest absolute Gasteiger partial charge is 0.368 e. The molecule has 3 rings (SSSR count). The third-order valence-corrected chi connectivity index (χ3v) is 5.02. The molecule has 1 aromatic heterocycles. The highest BCUT2D eigenvalue weighted by Gasteiger charge is 2.20. The summed E-state index contributed by atoms with van der Waals surface area (Å²) in [5, 5.41) is 0. The lowest BCUT2D eigenvalue weighted by Crippen LogP contribution is -2.47. The Labute approximate surface area is 157 Å². The molecule has 0 unspecified atom stereocenters. The molecule has 0 saturated carbocycles. The van der Waals surface area contributed by atoms with Crippen LogP contribution < -0.4 is 14.7 Å². The maximum Gasteiger partial charge on any atom is 0.134 e. The van der Waals surface area contributed by atoms with Crippen LogP contribution in [0.4, 0.5) is 17.3 Å². The summed E-state index contributed by atoms with van der Waals surface area (Å²) in [5.74, 6) is 2.93. The molecule has 1 aliphatic heterocycles. The van der Waals surface area contributed by atoms with Gasteiger partial charge in [0.2, 0.25) is 0 Å². The average molecular weight is 354 g/mol. The van der Waals surface area contributed by atoms with Gasteiger partial charge in [-0.25, -0.2) is 9.97 Å². The van der Waals surface area contributed by atoms with Crippen LogP contribution >= 0.6 is 0 Å². The van der Waals surface area contributed by atoms with E-state index in [1.165, 1.54) is 24.1 Å². The van der Waals surface area contributed by atoms with E-state index in [4.69, 9.17) is 4.98 Å². The molecule has 26 heavy (non-hydrogen) atoms. The van der Waals surface area contributed by atoms with E-state index < -0.39 is 0 Å². The summed E-state index contributed by atoms with van der Waals surface area (Å²) in [5.41, 5.74) is 2.64. The van der Waals surface area contributed by atoms with Crippen molar-refractivity contribution < 1.29 is 0 Å². The summed E-state index contributed by atoms with van der Waals surface area (Å²) in [6, 6.07) is 10.9. The molecule has 0 bridgehead atoms. The fourth-order valence-corrected chi connectivity index (χ4v) is 3.42. The fraction of sp³-hybridized carbons (Fsp3) is 0.524. The van der Waals surface area contributed by atoms with Gasteiger partial charge in [-0.1, -0.05) is 25.5 Å². The smallest absolute Gasteiger partial charge is 0.134 e. The number of piperazine rings is 1. The summed E-state index contributed by atoms with van der Waals surface area (Å²) in [4.78, 5) is 16.4. The monoisotopic (exact) mass is 353 g/mol. The van der Waals surface area contributed by atoms with E-state index in [0.29, 0.717) is 0 Å². The Kier molecular flexibility index (Phi) is 5.96. The van der Waals surface area contributed by atoms with Crippen LogP contribution in [0.2, 0.25) is 0 Å². The lowest BCUT2D eigenvalue weighted by molar-refractivity contribution is 0.645. The van der Waals surface area contributed by atoms with Crippen LogP contribution in [0.5, 0.6) is 0 Å². The third-order valence-electron chi connectivity index (χ3n) is 5.02. The van der Waals surface area contributed by atoms with Crippen molar-refractivity contribution in [1.29, 1.82) is 0 Å². The Morgan fingerprint density at radius 2 is 1.73 bits per heavy atom. The van der Waals surface area contributed by atoms with Crippen molar-refractivity contribution in [3.05, 3.63) is 41.7 Å². The van der Waals surface area contributed by atoms with E-state index in [0.717, 1.165) is 50.2 Å². The van der Waals surface area contributed by atoms with Crippen molar-refractivity contribution in [3.63, 3.8) is 0 Å². The first kappa shape index (κ1) is 18.5. The highest BCUT2D eigenvalue weighted by Crippen LogP contribution is 2.23. The standard InChI is InChI=1S/C21H31N5/c1-5-6-10-24(4)20-16-21(23-18(3)22-20)26-13-11-25(12-14-26)19-9-7-8-17(2)15-19/h7-9,15-16H,5-6,10-14H2,1-4H3. The zero-order chi connectivity index (χ0) is 18.5. The van der Waals surface area contributed by atoms with Gasteiger partial charge in [-0.2, -0.15) is 0 Å². The molecule has 1 saturated heterocycles. The van der Waals surface area contributed by atoms with Crippen LogP contribution in [0.15, 0.2) is 30.3 Å². The van der Waals surface area contributed by atoms with Gasteiger partial charge >= 0.3 is 0 Å². The molecule has 5 heteroatoms. The van der Waals surface area contributed by atoms with Gasteiger partial charge in [0.15, 0.2) is 0 Å². The third kappa shape index (κ3) is 4.45. The molecule has 140 valence electrons. The molecule has 1 aromatic carbocycles. The van der Waals surface area contributed by atoms with E-state index in [1.54, 1.807) is 0 Å². The molecule has 2 heterocycles. The van der Waals surface area contributed by atoms with Gasteiger partial charge < -0.3 is 14.7 Å². The summed E-state index contributed by atoms with van der Waals surface area (Å²) in [7, 11) is 2.12. The molecule has 0 radical (unpaired) electrons. The van der Waals surface area contributed by atoms with E-state index in [-0.39, 0.29) is 0 Å². The number of nitrogens with zero attached hydrogens (tertiary/aromatic N) is 5. The number of hydrogen-bond donors (Lipinski definition) is 0. The first-order valence-corrected chi connectivity index (χ1v) is 9.70. The topological polar surface area (TPSA) is 35.5 Å². The van der Waals surface area contributed by atoms with Crippen molar-refractivity contribution in [2.75, 3.05) is 54.5 Å². The summed E-state index contributed by atoms with van der Waals surface area (Å²) >= 11 is 0. The predicted molar refractivity (Wildman–Crippen MR) is 111 cm³/mol. The van der Waals surface area contributed by atoms with E-state index in [2.05, 4.69) is 70.9 Å². The molecule has 0 N–H and O–H groups in total. The molecule has 0 aliphatic carbocycles. The Hall–Kier alpha value is -2.30. The second kappa shape index (κ2) is 8.39. The molecule has 0 atom stereocenters. The minimum atomic E-state index is 0.849. The number of aromatic nitrogens is 2. The van der Waals surface area contributed by atoms with Crippen LogP contribution in [-0.2, 0) is 0 Å². The fourth-order valence-electron chi connectivity index (χ4n) is 3.42.